The standard InChI is InChI=1S/C15H23N/c1-12-9-10-15(11-13(12)2)8-6-4-5-7-14(3)16/h5,7,11,16H,4,6,8-10H2,1-3H3/b7-5+,16-14?. The van der Waals surface area contributed by atoms with Crippen molar-refractivity contribution in [3.8, 4) is 0 Å². The molecule has 88 valence electrons. The first-order valence-electron chi connectivity index (χ1n) is 6.17. The molecular weight excluding hydrogens is 194 g/mol. The molecule has 0 bridgehead atoms. The summed E-state index contributed by atoms with van der Waals surface area (Å²) in [5, 5.41) is 7.27. The Morgan fingerprint density at radius 2 is 2.12 bits per heavy atom. The van der Waals surface area contributed by atoms with E-state index in [-0.39, 0.29) is 0 Å². The molecule has 1 heteroatoms. The Morgan fingerprint density at radius 3 is 2.75 bits per heavy atom. The molecule has 1 N–H and O–H groups in total. The minimum absolute atomic E-state index is 0.645. The zero-order valence-electron chi connectivity index (χ0n) is 10.8. The molecule has 0 aliphatic heterocycles. The van der Waals surface area contributed by atoms with Gasteiger partial charge in [-0.3, -0.25) is 0 Å². The van der Waals surface area contributed by atoms with Crippen LogP contribution < -0.4 is 0 Å². The van der Waals surface area contributed by atoms with E-state index in [1.165, 1.54) is 31.3 Å². The van der Waals surface area contributed by atoms with Gasteiger partial charge in [0.1, 0.15) is 0 Å². The molecule has 0 saturated heterocycles. The molecule has 0 spiro atoms. The normalized spacial score (nSPS) is 16.8. The molecule has 1 aliphatic rings. The zero-order valence-corrected chi connectivity index (χ0v) is 10.8. The molecule has 16 heavy (non-hydrogen) atoms. The molecule has 0 amide bonds. The van der Waals surface area contributed by atoms with E-state index in [2.05, 4.69) is 26.0 Å². The van der Waals surface area contributed by atoms with Gasteiger partial charge in [0.25, 0.3) is 0 Å². The van der Waals surface area contributed by atoms with E-state index in [0.29, 0.717) is 5.71 Å². The van der Waals surface area contributed by atoms with Gasteiger partial charge in [0.15, 0.2) is 0 Å². The van der Waals surface area contributed by atoms with E-state index < -0.39 is 0 Å². The van der Waals surface area contributed by atoms with Gasteiger partial charge in [0.2, 0.25) is 0 Å². The SMILES string of the molecule is CC(=N)/C=C/CCCC1=CC(C)=C(C)CC1. The monoisotopic (exact) mass is 217 g/mol. The third kappa shape index (κ3) is 4.61. The van der Waals surface area contributed by atoms with Crippen LogP contribution in [0.1, 0.15) is 52.9 Å². The van der Waals surface area contributed by atoms with E-state index in [1.54, 1.807) is 11.1 Å². The molecule has 0 aromatic heterocycles. The van der Waals surface area contributed by atoms with Crippen molar-refractivity contribution in [1.82, 2.24) is 0 Å². The van der Waals surface area contributed by atoms with Gasteiger partial charge in [0, 0.05) is 5.71 Å². The molecule has 0 heterocycles. The first kappa shape index (κ1) is 13.0. The van der Waals surface area contributed by atoms with Gasteiger partial charge in [-0.2, -0.15) is 0 Å². The number of rotatable bonds is 5. The second kappa shape index (κ2) is 6.47. The van der Waals surface area contributed by atoms with E-state index in [1.807, 2.05) is 13.0 Å². The van der Waals surface area contributed by atoms with Crippen LogP contribution in [0.15, 0.2) is 34.9 Å². The Bertz CT molecular complexity index is 342. The van der Waals surface area contributed by atoms with Crippen LogP contribution in [0.5, 0.6) is 0 Å². The Balaban J connectivity index is 2.29. The maximum atomic E-state index is 7.27. The summed E-state index contributed by atoms with van der Waals surface area (Å²) in [7, 11) is 0. The minimum atomic E-state index is 0.645. The van der Waals surface area contributed by atoms with Gasteiger partial charge in [0.05, 0.1) is 0 Å². The van der Waals surface area contributed by atoms with Crippen LogP contribution in [0.25, 0.3) is 0 Å². The minimum Gasteiger partial charge on any atom is -0.306 e. The topological polar surface area (TPSA) is 23.9 Å². The summed E-state index contributed by atoms with van der Waals surface area (Å²) < 4.78 is 0. The van der Waals surface area contributed by atoms with E-state index in [9.17, 15) is 0 Å². The third-order valence-electron chi connectivity index (χ3n) is 3.15. The lowest BCUT2D eigenvalue weighted by Crippen LogP contribution is -1.95. The Hall–Kier alpha value is -1.11. The fourth-order valence-electron chi connectivity index (χ4n) is 1.95. The lowest BCUT2D eigenvalue weighted by Gasteiger charge is -2.15. The molecule has 0 unspecified atom stereocenters. The number of unbranched alkanes of at least 4 members (excludes halogenated alkanes) is 1. The van der Waals surface area contributed by atoms with Crippen molar-refractivity contribution in [2.45, 2.75) is 52.9 Å². The Labute approximate surface area is 99.5 Å². The second-order valence-corrected chi connectivity index (χ2v) is 4.74. The van der Waals surface area contributed by atoms with Crippen LogP contribution in [-0.4, -0.2) is 5.71 Å². The van der Waals surface area contributed by atoms with Crippen LogP contribution in [0, 0.1) is 5.41 Å². The Morgan fingerprint density at radius 1 is 1.38 bits per heavy atom. The number of nitrogens with one attached hydrogen (secondary N) is 1. The van der Waals surface area contributed by atoms with Crippen LogP contribution in [0.3, 0.4) is 0 Å². The number of allylic oxidation sites excluding steroid dienone is 6. The van der Waals surface area contributed by atoms with E-state index in [4.69, 9.17) is 5.41 Å². The lowest BCUT2D eigenvalue weighted by molar-refractivity contribution is 0.762. The van der Waals surface area contributed by atoms with Crippen molar-refractivity contribution in [1.29, 1.82) is 5.41 Å². The summed E-state index contributed by atoms with van der Waals surface area (Å²) in [6.45, 7) is 6.27. The molecule has 0 atom stereocenters. The zero-order chi connectivity index (χ0) is 12.0. The molecule has 0 aromatic rings. The fourth-order valence-corrected chi connectivity index (χ4v) is 1.95. The highest BCUT2D eigenvalue weighted by molar-refractivity contribution is 5.89. The molecule has 0 saturated carbocycles. The second-order valence-electron chi connectivity index (χ2n) is 4.74. The summed E-state index contributed by atoms with van der Waals surface area (Å²) in [4.78, 5) is 0. The summed E-state index contributed by atoms with van der Waals surface area (Å²) in [5.41, 5.74) is 5.25. The molecule has 0 fully saturated rings. The fraction of sp³-hybridized carbons (Fsp3) is 0.533. The third-order valence-corrected chi connectivity index (χ3v) is 3.15. The van der Waals surface area contributed by atoms with Crippen molar-refractivity contribution in [3.05, 3.63) is 34.9 Å². The highest BCUT2D eigenvalue weighted by Gasteiger charge is 2.06. The summed E-state index contributed by atoms with van der Waals surface area (Å²) in [5.74, 6) is 0. The van der Waals surface area contributed by atoms with Crippen molar-refractivity contribution >= 4 is 5.71 Å². The number of hydrogen-bond donors (Lipinski definition) is 1. The molecule has 0 radical (unpaired) electrons. The maximum Gasteiger partial charge on any atom is 0.0279 e. The van der Waals surface area contributed by atoms with Crippen LogP contribution >= 0.6 is 0 Å². The highest BCUT2D eigenvalue weighted by atomic mass is 14.4. The first-order valence-corrected chi connectivity index (χ1v) is 6.17. The molecule has 1 aliphatic carbocycles. The van der Waals surface area contributed by atoms with E-state index >= 15 is 0 Å². The molecule has 1 rings (SSSR count). The van der Waals surface area contributed by atoms with Crippen molar-refractivity contribution in [2.24, 2.45) is 0 Å². The van der Waals surface area contributed by atoms with Crippen molar-refractivity contribution in [2.75, 3.05) is 0 Å². The summed E-state index contributed by atoms with van der Waals surface area (Å²) in [6.07, 6.45) is 12.4. The predicted octanol–water partition coefficient (Wildman–Crippen LogP) is 4.81. The highest BCUT2D eigenvalue weighted by Crippen LogP contribution is 2.26. The quantitative estimate of drug-likeness (QED) is 0.505. The van der Waals surface area contributed by atoms with Gasteiger partial charge in [-0.05, 0) is 59.0 Å². The summed E-state index contributed by atoms with van der Waals surface area (Å²) in [6, 6.07) is 0. The van der Waals surface area contributed by atoms with Gasteiger partial charge in [-0.25, -0.2) is 0 Å². The van der Waals surface area contributed by atoms with Gasteiger partial charge < -0.3 is 5.41 Å². The maximum absolute atomic E-state index is 7.27. The Kier molecular flexibility index (Phi) is 5.24. The van der Waals surface area contributed by atoms with Crippen molar-refractivity contribution < 1.29 is 0 Å². The van der Waals surface area contributed by atoms with Crippen LogP contribution in [0.4, 0.5) is 0 Å². The van der Waals surface area contributed by atoms with E-state index in [0.717, 1.165) is 6.42 Å². The first-order chi connectivity index (χ1) is 7.59. The van der Waals surface area contributed by atoms with Crippen LogP contribution in [0.2, 0.25) is 0 Å². The average Bonchev–Trinajstić information content (AvgIpc) is 2.22. The molecule has 1 nitrogen and oxygen atoms in total. The lowest BCUT2D eigenvalue weighted by atomic mass is 9.91. The number of hydrogen-bond acceptors (Lipinski definition) is 1. The average molecular weight is 217 g/mol. The molecular formula is C15H23N. The van der Waals surface area contributed by atoms with Crippen LogP contribution in [-0.2, 0) is 0 Å². The van der Waals surface area contributed by atoms with Gasteiger partial charge in [-0.15, -0.1) is 0 Å². The van der Waals surface area contributed by atoms with Gasteiger partial charge in [-0.1, -0.05) is 28.9 Å². The van der Waals surface area contributed by atoms with Crippen molar-refractivity contribution in [3.63, 3.8) is 0 Å². The largest absolute Gasteiger partial charge is 0.306 e. The molecule has 0 aromatic carbocycles. The predicted molar refractivity (Wildman–Crippen MR) is 72.1 cm³/mol. The summed E-state index contributed by atoms with van der Waals surface area (Å²) >= 11 is 0. The smallest absolute Gasteiger partial charge is 0.0279 e. The van der Waals surface area contributed by atoms with Gasteiger partial charge >= 0.3 is 0 Å².